The molecular weight excluding hydrogens is 294 g/mol. The Bertz CT molecular complexity index is 801. The van der Waals surface area contributed by atoms with Crippen molar-refractivity contribution in [1.82, 2.24) is 4.98 Å². The van der Waals surface area contributed by atoms with Gasteiger partial charge in [-0.1, -0.05) is 24.3 Å². The molecule has 0 aliphatic carbocycles. The number of para-hydroxylation sites is 2. The van der Waals surface area contributed by atoms with Gasteiger partial charge in [-0.05, 0) is 29.8 Å². The van der Waals surface area contributed by atoms with E-state index in [9.17, 15) is 4.79 Å². The van der Waals surface area contributed by atoms with Gasteiger partial charge < -0.3 is 13.9 Å². The molecule has 23 heavy (non-hydrogen) atoms. The number of hydrogen-bond acceptors (Lipinski definition) is 5. The van der Waals surface area contributed by atoms with Crippen LogP contribution in [0.3, 0.4) is 0 Å². The Labute approximate surface area is 133 Å². The zero-order valence-corrected chi connectivity index (χ0v) is 12.6. The summed E-state index contributed by atoms with van der Waals surface area (Å²) in [5, 5.41) is 0. The minimum atomic E-state index is -0.455. The molecule has 0 atom stereocenters. The summed E-state index contributed by atoms with van der Waals surface area (Å²) in [4.78, 5) is 16.0. The molecule has 0 amide bonds. The second kappa shape index (κ2) is 6.79. The van der Waals surface area contributed by atoms with Crippen molar-refractivity contribution in [3.05, 3.63) is 66.1 Å². The summed E-state index contributed by atoms with van der Waals surface area (Å²) in [6.07, 6.45) is 2.80. The predicted octanol–water partition coefficient (Wildman–Crippen LogP) is 3.59. The number of benzene rings is 2. The van der Waals surface area contributed by atoms with Crippen LogP contribution in [0.25, 0.3) is 17.2 Å². The number of ether oxygens (including phenoxy) is 2. The summed E-state index contributed by atoms with van der Waals surface area (Å²) in [7, 11) is 1.60. The molecule has 1 aromatic heterocycles. The second-order valence-corrected chi connectivity index (χ2v) is 4.81. The SMILES string of the molecule is COc1ccc(COC(=O)/C=C/c2nc3ccccc3o2)cc1. The fraction of sp³-hybridized carbons (Fsp3) is 0.111. The van der Waals surface area contributed by atoms with E-state index < -0.39 is 5.97 Å². The molecule has 0 saturated heterocycles. The van der Waals surface area contributed by atoms with Crippen molar-refractivity contribution in [2.24, 2.45) is 0 Å². The maximum absolute atomic E-state index is 11.7. The van der Waals surface area contributed by atoms with Crippen LogP contribution in [-0.2, 0) is 16.1 Å². The number of methoxy groups -OCH3 is 1. The average molecular weight is 309 g/mol. The Morgan fingerprint density at radius 2 is 1.96 bits per heavy atom. The van der Waals surface area contributed by atoms with Crippen LogP contribution in [0.1, 0.15) is 11.5 Å². The molecule has 0 N–H and O–H groups in total. The molecule has 0 aliphatic heterocycles. The van der Waals surface area contributed by atoms with Crippen molar-refractivity contribution in [3.63, 3.8) is 0 Å². The largest absolute Gasteiger partial charge is 0.497 e. The number of carbonyl (C=O) groups is 1. The van der Waals surface area contributed by atoms with Crippen LogP contribution in [0, 0.1) is 0 Å². The van der Waals surface area contributed by atoms with Crippen LogP contribution < -0.4 is 4.74 Å². The van der Waals surface area contributed by atoms with Crippen LogP contribution in [0.2, 0.25) is 0 Å². The van der Waals surface area contributed by atoms with E-state index in [0.29, 0.717) is 11.5 Å². The zero-order chi connectivity index (χ0) is 16.1. The molecule has 2 aromatic carbocycles. The van der Waals surface area contributed by atoms with Crippen molar-refractivity contribution in [2.45, 2.75) is 6.61 Å². The number of nitrogens with zero attached hydrogens (tertiary/aromatic N) is 1. The highest BCUT2D eigenvalue weighted by Gasteiger charge is 2.03. The highest BCUT2D eigenvalue weighted by Crippen LogP contribution is 2.15. The molecule has 0 unspecified atom stereocenters. The first-order chi connectivity index (χ1) is 11.2. The minimum absolute atomic E-state index is 0.195. The fourth-order valence-corrected chi connectivity index (χ4v) is 2.02. The number of aromatic nitrogens is 1. The molecule has 0 radical (unpaired) electrons. The van der Waals surface area contributed by atoms with E-state index in [1.54, 1.807) is 7.11 Å². The van der Waals surface area contributed by atoms with E-state index in [2.05, 4.69) is 4.98 Å². The minimum Gasteiger partial charge on any atom is -0.497 e. The van der Waals surface area contributed by atoms with Gasteiger partial charge in [-0.3, -0.25) is 0 Å². The van der Waals surface area contributed by atoms with Crippen LogP contribution >= 0.6 is 0 Å². The van der Waals surface area contributed by atoms with Crippen LogP contribution in [-0.4, -0.2) is 18.1 Å². The number of oxazole rings is 1. The molecular formula is C18H15NO4. The van der Waals surface area contributed by atoms with Crippen molar-refractivity contribution in [3.8, 4) is 5.75 Å². The lowest BCUT2D eigenvalue weighted by Gasteiger charge is -2.03. The van der Waals surface area contributed by atoms with Gasteiger partial charge >= 0.3 is 5.97 Å². The van der Waals surface area contributed by atoms with E-state index in [1.165, 1.54) is 12.2 Å². The number of hydrogen-bond donors (Lipinski definition) is 0. The summed E-state index contributed by atoms with van der Waals surface area (Å²) in [6, 6.07) is 14.7. The third-order valence-electron chi connectivity index (χ3n) is 3.21. The number of esters is 1. The molecule has 5 heteroatoms. The fourth-order valence-electron chi connectivity index (χ4n) is 2.02. The Kier molecular flexibility index (Phi) is 4.38. The average Bonchev–Trinajstić information content (AvgIpc) is 3.01. The molecule has 0 saturated carbocycles. The normalized spacial score (nSPS) is 11.0. The molecule has 3 aromatic rings. The number of fused-ring (bicyclic) bond motifs is 1. The lowest BCUT2D eigenvalue weighted by molar-refractivity contribution is -0.138. The first-order valence-corrected chi connectivity index (χ1v) is 7.08. The monoisotopic (exact) mass is 309 g/mol. The van der Waals surface area contributed by atoms with Crippen LogP contribution in [0.5, 0.6) is 5.75 Å². The zero-order valence-electron chi connectivity index (χ0n) is 12.6. The summed E-state index contributed by atoms with van der Waals surface area (Å²) in [5.74, 6) is 0.673. The summed E-state index contributed by atoms with van der Waals surface area (Å²) in [5.41, 5.74) is 2.31. The molecule has 3 rings (SSSR count). The molecule has 116 valence electrons. The lowest BCUT2D eigenvalue weighted by atomic mass is 10.2. The Hall–Kier alpha value is -3.08. The number of carbonyl (C=O) groups excluding carboxylic acids is 1. The molecule has 1 heterocycles. The van der Waals surface area contributed by atoms with E-state index in [1.807, 2.05) is 48.5 Å². The molecule has 5 nitrogen and oxygen atoms in total. The first kappa shape index (κ1) is 14.8. The van der Waals surface area contributed by atoms with Crippen LogP contribution in [0.4, 0.5) is 0 Å². The van der Waals surface area contributed by atoms with Gasteiger partial charge in [0, 0.05) is 12.2 Å². The molecule has 0 spiro atoms. The predicted molar refractivity (Wildman–Crippen MR) is 85.8 cm³/mol. The van der Waals surface area contributed by atoms with E-state index in [0.717, 1.165) is 16.8 Å². The van der Waals surface area contributed by atoms with Gasteiger partial charge in [-0.2, -0.15) is 0 Å². The molecule has 0 fully saturated rings. The van der Waals surface area contributed by atoms with Crippen LogP contribution in [0.15, 0.2) is 59.0 Å². The Balaban J connectivity index is 1.57. The van der Waals surface area contributed by atoms with Crippen molar-refractivity contribution >= 4 is 23.1 Å². The van der Waals surface area contributed by atoms with Gasteiger partial charge in [0.05, 0.1) is 7.11 Å². The van der Waals surface area contributed by atoms with E-state index in [4.69, 9.17) is 13.9 Å². The summed E-state index contributed by atoms with van der Waals surface area (Å²) < 4.78 is 15.7. The van der Waals surface area contributed by atoms with Gasteiger partial charge in [-0.15, -0.1) is 0 Å². The van der Waals surface area contributed by atoms with E-state index in [-0.39, 0.29) is 6.61 Å². The van der Waals surface area contributed by atoms with Crippen molar-refractivity contribution < 1.29 is 18.7 Å². The third kappa shape index (κ3) is 3.77. The summed E-state index contributed by atoms with van der Waals surface area (Å²) >= 11 is 0. The topological polar surface area (TPSA) is 61.6 Å². The lowest BCUT2D eigenvalue weighted by Crippen LogP contribution is -2.00. The highest BCUT2D eigenvalue weighted by atomic mass is 16.5. The quantitative estimate of drug-likeness (QED) is 0.532. The maximum atomic E-state index is 11.7. The maximum Gasteiger partial charge on any atom is 0.331 e. The van der Waals surface area contributed by atoms with Crippen molar-refractivity contribution in [2.75, 3.05) is 7.11 Å². The first-order valence-electron chi connectivity index (χ1n) is 7.08. The number of rotatable bonds is 5. The smallest absolute Gasteiger partial charge is 0.331 e. The van der Waals surface area contributed by atoms with Gasteiger partial charge in [0.2, 0.25) is 5.89 Å². The second-order valence-electron chi connectivity index (χ2n) is 4.81. The highest BCUT2D eigenvalue weighted by molar-refractivity contribution is 5.86. The van der Waals surface area contributed by atoms with Gasteiger partial charge in [0.25, 0.3) is 0 Å². The standard InChI is InChI=1S/C18H15NO4/c1-21-14-8-6-13(7-9-14)12-22-18(20)11-10-17-19-15-4-2-3-5-16(15)23-17/h2-11H,12H2,1H3/b11-10+. The van der Waals surface area contributed by atoms with Gasteiger partial charge in [0.15, 0.2) is 5.58 Å². The molecule has 0 bridgehead atoms. The van der Waals surface area contributed by atoms with Crippen molar-refractivity contribution in [1.29, 1.82) is 0 Å². The van der Waals surface area contributed by atoms with E-state index >= 15 is 0 Å². The Morgan fingerprint density at radius 1 is 1.17 bits per heavy atom. The third-order valence-corrected chi connectivity index (χ3v) is 3.21. The Morgan fingerprint density at radius 3 is 2.70 bits per heavy atom. The molecule has 0 aliphatic rings. The van der Waals surface area contributed by atoms with Gasteiger partial charge in [0.1, 0.15) is 17.9 Å². The summed E-state index contributed by atoms with van der Waals surface area (Å²) in [6.45, 7) is 0.195. The van der Waals surface area contributed by atoms with Gasteiger partial charge in [-0.25, -0.2) is 9.78 Å².